The predicted molar refractivity (Wildman–Crippen MR) is 107 cm³/mol. The van der Waals surface area contributed by atoms with Crippen LogP contribution in [0.3, 0.4) is 0 Å². The van der Waals surface area contributed by atoms with Gasteiger partial charge in [0, 0.05) is 24.7 Å². The van der Waals surface area contributed by atoms with Crippen LogP contribution in [-0.2, 0) is 20.8 Å². The van der Waals surface area contributed by atoms with Gasteiger partial charge in [-0.3, -0.25) is 19.7 Å². The second-order valence-electron chi connectivity index (χ2n) is 6.50. The van der Waals surface area contributed by atoms with Gasteiger partial charge in [0.1, 0.15) is 11.6 Å². The zero-order chi connectivity index (χ0) is 21.4. The summed E-state index contributed by atoms with van der Waals surface area (Å²) in [7, 11) is 0. The smallest absolute Gasteiger partial charge is 0.317 e. The quantitative estimate of drug-likeness (QED) is 0.612. The fourth-order valence-corrected chi connectivity index (χ4v) is 3.64. The topological polar surface area (TPSA) is 83.5 Å². The molecular weight excluding hydrogens is 400 g/mol. The van der Waals surface area contributed by atoms with E-state index in [-0.39, 0.29) is 28.6 Å². The summed E-state index contributed by atoms with van der Waals surface area (Å²) in [5.41, 5.74) is 0.858. The Morgan fingerprint density at radius 1 is 1.07 bits per heavy atom. The van der Waals surface area contributed by atoms with E-state index in [2.05, 4.69) is 5.32 Å². The molecule has 0 saturated heterocycles. The predicted octanol–water partition coefficient (Wildman–Crippen LogP) is 3.39. The molecule has 29 heavy (non-hydrogen) atoms. The van der Waals surface area contributed by atoms with Gasteiger partial charge in [0.2, 0.25) is 0 Å². The highest BCUT2D eigenvalue weighted by atomic mass is 32.2. The highest BCUT2D eigenvalue weighted by Crippen LogP contribution is 2.25. The third-order valence-corrected chi connectivity index (χ3v) is 5.14. The van der Waals surface area contributed by atoms with Crippen LogP contribution in [0.2, 0.25) is 0 Å². The first-order valence-electron chi connectivity index (χ1n) is 8.88. The lowest BCUT2D eigenvalue weighted by atomic mass is 9.89. The van der Waals surface area contributed by atoms with Crippen molar-refractivity contribution < 1.29 is 28.3 Å². The first-order valence-corrected chi connectivity index (χ1v) is 9.87. The van der Waals surface area contributed by atoms with Crippen molar-refractivity contribution in [3.63, 3.8) is 0 Å². The van der Waals surface area contributed by atoms with Gasteiger partial charge >= 0.3 is 5.97 Å². The molecule has 2 N–H and O–H groups in total. The standard InChI is InChI=1S/C21H21F2NO4S/c1-13(25)29-12-16(7-14-8-17(22)10-18(23)9-14)21(28)20(24-11-19(26)27)15-5-3-2-4-6-15/h2-6,8-10,16,20,24H,7,11-12H2,1H3,(H,26,27). The second-order valence-corrected chi connectivity index (χ2v) is 7.70. The molecule has 0 spiro atoms. The lowest BCUT2D eigenvalue weighted by molar-refractivity contribution is -0.136. The molecular formula is C21H21F2NO4S. The highest BCUT2D eigenvalue weighted by Gasteiger charge is 2.29. The van der Waals surface area contributed by atoms with Crippen molar-refractivity contribution in [2.24, 2.45) is 5.92 Å². The summed E-state index contributed by atoms with van der Waals surface area (Å²) < 4.78 is 27.1. The number of carboxylic acid groups (broad SMARTS) is 1. The van der Waals surface area contributed by atoms with E-state index in [9.17, 15) is 23.2 Å². The molecule has 0 aromatic heterocycles. The van der Waals surface area contributed by atoms with Crippen molar-refractivity contribution in [2.45, 2.75) is 19.4 Å². The largest absolute Gasteiger partial charge is 0.480 e. The molecule has 8 heteroatoms. The lowest BCUT2D eigenvalue weighted by Crippen LogP contribution is -2.37. The Bertz CT molecular complexity index is 856. The fraction of sp³-hybridized carbons (Fsp3) is 0.286. The molecule has 0 bridgehead atoms. The zero-order valence-electron chi connectivity index (χ0n) is 15.7. The Hall–Kier alpha value is -2.58. The number of nitrogens with one attached hydrogen (secondary N) is 1. The Morgan fingerprint density at radius 2 is 1.69 bits per heavy atom. The van der Waals surface area contributed by atoms with Crippen molar-refractivity contribution in [3.05, 3.63) is 71.3 Å². The molecule has 0 fully saturated rings. The summed E-state index contributed by atoms with van der Waals surface area (Å²) in [6.45, 7) is 0.928. The summed E-state index contributed by atoms with van der Waals surface area (Å²) in [5.74, 6) is -3.62. The van der Waals surface area contributed by atoms with Gasteiger partial charge in [-0.15, -0.1) is 0 Å². The number of halogens is 2. The molecule has 2 atom stereocenters. The van der Waals surface area contributed by atoms with Gasteiger partial charge in [0.15, 0.2) is 10.9 Å². The van der Waals surface area contributed by atoms with Gasteiger partial charge in [-0.1, -0.05) is 42.1 Å². The normalized spacial score (nSPS) is 12.9. The van der Waals surface area contributed by atoms with E-state index >= 15 is 0 Å². The molecule has 0 radical (unpaired) electrons. The number of Topliss-reactive ketones (excluding diaryl/α,β-unsaturated/α-hetero) is 1. The van der Waals surface area contributed by atoms with Crippen LogP contribution in [0.4, 0.5) is 8.78 Å². The van der Waals surface area contributed by atoms with E-state index < -0.39 is 36.1 Å². The minimum Gasteiger partial charge on any atom is -0.480 e. The molecule has 5 nitrogen and oxygen atoms in total. The molecule has 2 aromatic rings. The number of carboxylic acids is 1. The highest BCUT2D eigenvalue weighted by molar-refractivity contribution is 8.13. The van der Waals surface area contributed by atoms with E-state index in [4.69, 9.17) is 5.11 Å². The van der Waals surface area contributed by atoms with E-state index in [0.29, 0.717) is 5.56 Å². The van der Waals surface area contributed by atoms with Crippen LogP contribution >= 0.6 is 11.8 Å². The van der Waals surface area contributed by atoms with E-state index in [1.807, 2.05) is 0 Å². The molecule has 154 valence electrons. The molecule has 2 aromatic carbocycles. The van der Waals surface area contributed by atoms with E-state index in [1.54, 1.807) is 30.3 Å². The van der Waals surface area contributed by atoms with Crippen LogP contribution in [0.25, 0.3) is 0 Å². The maximum atomic E-state index is 13.6. The number of ketones is 1. The van der Waals surface area contributed by atoms with Gasteiger partial charge in [0.25, 0.3) is 0 Å². The summed E-state index contributed by atoms with van der Waals surface area (Å²) >= 11 is 0.941. The molecule has 2 rings (SSSR count). The van der Waals surface area contributed by atoms with E-state index in [0.717, 1.165) is 30.0 Å². The van der Waals surface area contributed by atoms with Crippen LogP contribution in [0, 0.1) is 17.6 Å². The summed E-state index contributed by atoms with van der Waals surface area (Å²) in [5, 5.41) is 11.5. The molecule has 0 aliphatic carbocycles. The van der Waals surface area contributed by atoms with E-state index in [1.165, 1.54) is 6.92 Å². The molecule has 0 aliphatic heterocycles. The van der Waals surface area contributed by atoms with Crippen LogP contribution < -0.4 is 5.32 Å². The summed E-state index contributed by atoms with van der Waals surface area (Å²) in [6.07, 6.45) is 0.0197. The SMILES string of the molecule is CC(=O)SCC(Cc1cc(F)cc(F)c1)C(=O)C(NCC(=O)O)c1ccccc1. The number of carbonyl (C=O) groups is 3. The Balaban J connectivity index is 2.32. The fourth-order valence-electron chi connectivity index (χ4n) is 2.93. The number of aliphatic carboxylic acids is 1. The lowest BCUT2D eigenvalue weighted by Gasteiger charge is -2.23. The monoisotopic (exact) mass is 421 g/mol. The number of thioether (sulfide) groups is 1. The molecule has 0 amide bonds. The van der Waals surface area contributed by atoms with Crippen molar-refractivity contribution in [1.82, 2.24) is 5.32 Å². The van der Waals surface area contributed by atoms with Crippen molar-refractivity contribution in [1.29, 1.82) is 0 Å². The average Bonchev–Trinajstić information content (AvgIpc) is 2.64. The summed E-state index contributed by atoms with van der Waals surface area (Å²) in [6, 6.07) is 10.7. The molecule has 0 aliphatic rings. The third kappa shape index (κ3) is 7.40. The van der Waals surface area contributed by atoms with Crippen LogP contribution in [0.15, 0.2) is 48.5 Å². The van der Waals surface area contributed by atoms with Gasteiger partial charge in [0.05, 0.1) is 12.6 Å². The van der Waals surface area contributed by atoms with Gasteiger partial charge in [-0.25, -0.2) is 8.78 Å². The first kappa shape index (κ1) is 22.7. The maximum Gasteiger partial charge on any atom is 0.317 e. The third-order valence-electron chi connectivity index (χ3n) is 4.17. The van der Waals surface area contributed by atoms with Gasteiger partial charge < -0.3 is 5.11 Å². The number of carbonyl (C=O) groups excluding carboxylic acids is 2. The average molecular weight is 421 g/mol. The van der Waals surface area contributed by atoms with Crippen LogP contribution in [0.1, 0.15) is 24.1 Å². The Kier molecular flexibility index (Phi) is 8.48. The number of hydrogen-bond acceptors (Lipinski definition) is 5. The van der Waals surface area contributed by atoms with Crippen molar-refractivity contribution in [3.8, 4) is 0 Å². The van der Waals surface area contributed by atoms with Gasteiger partial charge in [-0.2, -0.15) is 0 Å². The molecule has 2 unspecified atom stereocenters. The molecule has 0 heterocycles. The number of hydrogen-bond donors (Lipinski definition) is 2. The van der Waals surface area contributed by atoms with Crippen LogP contribution in [-0.4, -0.2) is 34.3 Å². The minimum absolute atomic E-state index is 0.0197. The van der Waals surface area contributed by atoms with Gasteiger partial charge in [-0.05, 0) is 29.7 Å². The maximum absolute atomic E-state index is 13.6. The Morgan fingerprint density at radius 3 is 2.24 bits per heavy atom. The van der Waals surface area contributed by atoms with Crippen molar-refractivity contribution >= 4 is 28.6 Å². The number of benzene rings is 2. The first-order chi connectivity index (χ1) is 13.8. The summed E-state index contributed by atoms with van der Waals surface area (Å²) in [4.78, 5) is 35.7. The zero-order valence-corrected chi connectivity index (χ0v) is 16.5. The Labute approximate surface area is 171 Å². The minimum atomic E-state index is -1.12. The second kappa shape index (κ2) is 10.8. The number of rotatable bonds is 10. The van der Waals surface area contributed by atoms with Crippen LogP contribution in [0.5, 0.6) is 0 Å². The van der Waals surface area contributed by atoms with Crippen molar-refractivity contribution in [2.75, 3.05) is 12.3 Å². The molecule has 0 saturated carbocycles.